The highest BCUT2D eigenvalue weighted by atomic mass is 19.4. The molecule has 11 heteroatoms. The van der Waals surface area contributed by atoms with Crippen LogP contribution >= 0.6 is 0 Å². The summed E-state index contributed by atoms with van der Waals surface area (Å²) in [5, 5.41) is 14.0. The molecule has 8 nitrogen and oxygen atoms in total. The summed E-state index contributed by atoms with van der Waals surface area (Å²) in [6.07, 6.45) is -4.61. The van der Waals surface area contributed by atoms with E-state index in [4.69, 9.17) is 4.74 Å². The van der Waals surface area contributed by atoms with Crippen molar-refractivity contribution in [1.29, 1.82) is 0 Å². The fourth-order valence-corrected chi connectivity index (χ4v) is 2.30. The normalized spacial score (nSPS) is 11.0. The number of hydrogen-bond donors (Lipinski definition) is 3. The van der Waals surface area contributed by atoms with Crippen LogP contribution in [0.2, 0.25) is 0 Å². The van der Waals surface area contributed by atoms with Crippen LogP contribution < -0.4 is 16.2 Å². The van der Waals surface area contributed by atoms with Gasteiger partial charge in [-0.3, -0.25) is 25.8 Å². The Kier molecular flexibility index (Phi) is 6.77. The summed E-state index contributed by atoms with van der Waals surface area (Å²) >= 11 is 0. The number of carbonyl (C=O) groups excluding carboxylic acids is 1. The van der Waals surface area contributed by atoms with Gasteiger partial charge in [0.2, 0.25) is 0 Å². The van der Waals surface area contributed by atoms with Crippen LogP contribution in [0.4, 0.5) is 30.2 Å². The topological polar surface area (TPSA) is 106 Å². The Hall–Kier alpha value is -3.34. The Bertz CT molecular complexity index is 859. The number of ether oxygens (including phenoxy) is 1. The zero-order valence-electron chi connectivity index (χ0n) is 14.7. The van der Waals surface area contributed by atoms with E-state index in [0.29, 0.717) is 13.2 Å². The zero-order valence-corrected chi connectivity index (χ0v) is 14.7. The van der Waals surface area contributed by atoms with Crippen molar-refractivity contribution in [2.45, 2.75) is 6.18 Å². The highest BCUT2D eigenvalue weighted by molar-refractivity contribution is 5.96. The van der Waals surface area contributed by atoms with E-state index in [1.807, 2.05) is 0 Å². The Morgan fingerprint density at radius 1 is 1.18 bits per heavy atom. The summed E-state index contributed by atoms with van der Waals surface area (Å²) in [7, 11) is 1.48. The maximum atomic E-state index is 13.0. The van der Waals surface area contributed by atoms with E-state index in [0.717, 1.165) is 18.2 Å². The summed E-state index contributed by atoms with van der Waals surface area (Å²) in [5.74, 6) is -0.830. The molecule has 0 aromatic heterocycles. The molecular formula is C17H17F3N4O4. The van der Waals surface area contributed by atoms with Crippen molar-refractivity contribution in [2.24, 2.45) is 0 Å². The van der Waals surface area contributed by atoms with Gasteiger partial charge in [0.15, 0.2) is 0 Å². The minimum absolute atomic E-state index is 0.0963. The second-order valence-electron chi connectivity index (χ2n) is 5.53. The quantitative estimate of drug-likeness (QED) is 0.357. The van der Waals surface area contributed by atoms with E-state index in [9.17, 15) is 28.1 Å². The standard InChI is InChI=1S/C17H17F3N4O4/c1-28-9-8-21-14-7-6-11(10-15(14)24(26)27)16(25)23-22-13-5-3-2-4-12(13)17(18,19)20/h2-7,10,21-22H,8-9H2,1H3,(H,23,25). The zero-order chi connectivity index (χ0) is 20.7. The third-order valence-corrected chi connectivity index (χ3v) is 3.62. The van der Waals surface area contributed by atoms with Crippen LogP contribution in [0.25, 0.3) is 0 Å². The molecule has 0 radical (unpaired) electrons. The molecular weight excluding hydrogens is 381 g/mol. The number of nitro groups is 1. The molecule has 150 valence electrons. The number of nitrogens with zero attached hydrogens (tertiary/aromatic N) is 1. The number of nitrogens with one attached hydrogen (secondary N) is 3. The highest BCUT2D eigenvalue weighted by Gasteiger charge is 2.33. The van der Waals surface area contributed by atoms with Gasteiger partial charge < -0.3 is 10.1 Å². The van der Waals surface area contributed by atoms with Gasteiger partial charge in [-0.2, -0.15) is 13.2 Å². The summed E-state index contributed by atoms with van der Waals surface area (Å²) < 4.78 is 43.7. The average molecular weight is 398 g/mol. The number of anilines is 2. The molecule has 0 atom stereocenters. The minimum atomic E-state index is -4.61. The highest BCUT2D eigenvalue weighted by Crippen LogP contribution is 2.34. The molecule has 0 aliphatic carbocycles. The van der Waals surface area contributed by atoms with Crippen molar-refractivity contribution in [3.05, 3.63) is 63.7 Å². The van der Waals surface area contributed by atoms with Crippen LogP contribution in [-0.4, -0.2) is 31.1 Å². The van der Waals surface area contributed by atoms with Gasteiger partial charge in [0, 0.05) is 25.3 Å². The van der Waals surface area contributed by atoms with Crippen molar-refractivity contribution in [3.8, 4) is 0 Å². The van der Waals surface area contributed by atoms with Gasteiger partial charge in [-0.25, -0.2) is 0 Å². The number of carbonyl (C=O) groups is 1. The Morgan fingerprint density at radius 2 is 1.89 bits per heavy atom. The molecule has 0 fully saturated rings. The maximum absolute atomic E-state index is 13.0. The third kappa shape index (κ3) is 5.33. The fraction of sp³-hybridized carbons (Fsp3) is 0.235. The molecule has 0 saturated carbocycles. The van der Waals surface area contributed by atoms with Gasteiger partial charge >= 0.3 is 6.18 Å². The molecule has 0 spiro atoms. The molecule has 3 N–H and O–H groups in total. The lowest BCUT2D eigenvalue weighted by Crippen LogP contribution is -2.30. The molecule has 0 bridgehead atoms. The molecule has 0 heterocycles. The van der Waals surface area contributed by atoms with Crippen LogP contribution in [0.1, 0.15) is 15.9 Å². The molecule has 1 amide bonds. The van der Waals surface area contributed by atoms with Crippen molar-refractivity contribution >= 4 is 23.0 Å². The SMILES string of the molecule is COCCNc1ccc(C(=O)NNc2ccccc2C(F)(F)F)cc1[N+](=O)[O-]. The predicted octanol–water partition coefficient (Wildman–Crippen LogP) is 3.43. The average Bonchev–Trinajstić information content (AvgIpc) is 2.65. The fourth-order valence-electron chi connectivity index (χ4n) is 2.30. The van der Waals surface area contributed by atoms with Gasteiger partial charge in [-0.1, -0.05) is 12.1 Å². The number of benzene rings is 2. The first-order valence-electron chi connectivity index (χ1n) is 7.98. The summed E-state index contributed by atoms with van der Waals surface area (Å²) in [6.45, 7) is 0.639. The van der Waals surface area contributed by atoms with Crippen LogP contribution in [0.5, 0.6) is 0 Å². The first-order valence-corrected chi connectivity index (χ1v) is 7.98. The molecule has 2 aromatic rings. The van der Waals surface area contributed by atoms with Gasteiger partial charge in [-0.15, -0.1) is 0 Å². The first-order chi connectivity index (χ1) is 13.2. The van der Waals surface area contributed by atoms with Gasteiger partial charge in [0.1, 0.15) is 5.69 Å². The van der Waals surface area contributed by atoms with Gasteiger partial charge in [-0.05, 0) is 24.3 Å². The second-order valence-corrected chi connectivity index (χ2v) is 5.53. The van der Waals surface area contributed by atoms with Crippen LogP contribution in [-0.2, 0) is 10.9 Å². The number of amides is 1. The number of nitro benzene ring substituents is 1. The predicted molar refractivity (Wildman–Crippen MR) is 96.0 cm³/mol. The number of alkyl halides is 3. The van der Waals surface area contributed by atoms with E-state index in [2.05, 4.69) is 16.2 Å². The smallest absolute Gasteiger partial charge is 0.383 e. The first kappa shape index (κ1) is 21.0. The van der Waals surface area contributed by atoms with E-state index in [1.54, 1.807) is 0 Å². The molecule has 0 aliphatic heterocycles. The number of hydrogen-bond acceptors (Lipinski definition) is 6. The lowest BCUT2D eigenvalue weighted by Gasteiger charge is -2.15. The number of halogens is 3. The van der Waals surface area contributed by atoms with E-state index in [-0.39, 0.29) is 22.6 Å². The monoisotopic (exact) mass is 398 g/mol. The van der Waals surface area contributed by atoms with E-state index in [1.165, 1.54) is 31.4 Å². The molecule has 28 heavy (non-hydrogen) atoms. The number of rotatable bonds is 8. The van der Waals surface area contributed by atoms with Gasteiger partial charge in [0.05, 0.1) is 22.8 Å². The van der Waals surface area contributed by atoms with Crippen molar-refractivity contribution in [3.63, 3.8) is 0 Å². The molecule has 2 rings (SSSR count). The van der Waals surface area contributed by atoms with Crippen molar-refractivity contribution in [1.82, 2.24) is 5.43 Å². The number of methoxy groups -OCH3 is 1. The third-order valence-electron chi connectivity index (χ3n) is 3.62. The van der Waals surface area contributed by atoms with Crippen LogP contribution in [0.3, 0.4) is 0 Å². The van der Waals surface area contributed by atoms with E-state index < -0.39 is 22.6 Å². The summed E-state index contributed by atoms with van der Waals surface area (Å²) in [4.78, 5) is 22.8. The Balaban J connectivity index is 2.15. The molecule has 2 aromatic carbocycles. The Labute approximate surface area is 157 Å². The minimum Gasteiger partial charge on any atom is -0.383 e. The van der Waals surface area contributed by atoms with Crippen LogP contribution in [0.15, 0.2) is 42.5 Å². The molecule has 0 saturated heterocycles. The summed E-state index contributed by atoms with van der Waals surface area (Å²) in [6, 6.07) is 8.28. The second kappa shape index (κ2) is 9.04. The van der Waals surface area contributed by atoms with Gasteiger partial charge in [0.25, 0.3) is 11.6 Å². The number of para-hydroxylation sites is 1. The summed E-state index contributed by atoms with van der Waals surface area (Å²) in [5.41, 5.74) is 2.75. The lowest BCUT2D eigenvalue weighted by molar-refractivity contribution is -0.384. The van der Waals surface area contributed by atoms with Crippen LogP contribution in [0, 0.1) is 10.1 Å². The van der Waals surface area contributed by atoms with Crippen molar-refractivity contribution < 1.29 is 27.6 Å². The molecule has 0 aliphatic rings. The largest absolute Gasteiger partial charge is 0.418 e. The maximum Gasteiger partial charge on any atom is 0.418 e. The van der Waals surface area contributed by atoms with Crippen molar-refractivity contribution in [2.75, 3.05) is 31.0 Å². The number of hydrazine groups is 1. The molecule has 0 unspecified atom stereocenters. The Morgan fingerprint density at radius 3 is 2.54 bits per heavy atom. The lowest BCUT2D eigenvalue weighted by atomic mass is 10.1. The van der Waals surface area contributed by atoms with E-state index >= 15 is 0 Å².